The van der Waals surface area contributed by atoms with Gasteiger partial charge in [0.2, 0.25) is 0 Å². The lowest BCUT2D eigenvalue weighted by Crippen LogP contribution is -2.46. The van der Waals surface area contributed by atoms with E-state index in [4.69, 9.17) is 10.00 Å². The average molecular weight is 312 g/mol. The quantitative estimate of drug-likeness (QED) is 0.820. The molecule has 1 saturated heterocycles. The van der Waals surface area contributed by atoms with Crippen LogP contribution in [0.25, 0.3) is 0 Å². The van der Waals surface area contributed by atoms with Crippen LogP contribution in [0.2, 0.25) is 0 Å². The molecule has 3 heteroatoms. The maximum Gasteiger partial charge on any atom is 0.0991 e. The van der Waals surface area contributed by atoms with Crippen molar-refractivity contribution in [3.05, 3.63) is 29.8 Å². The number of rotatable bonds is 4. The van der Waals surface area contributed by atoms with Crippen molar-refractivity contribution in [1.29, 1.82) is 5.26 Å². The summed E-state index contributed by atoms with van der Waals surface area (Å²) >= 11 is 0. The van der Waals surface area contributed by atoms with E-state index >= 15 is 0 Å². The van der Waals surface area contributed by atoms with E-state index in [2.05, 4.69) is 23.1 Å². The van der Waals surface area contributed by atoms with Gasteiger partial charge in [0.05, 0.1) is 17.2 Å². The number of ether oxygens (including phenoxy) is 1. The second kappa shape index (κ2) is 7.36. The lowest BCUT2D eigenvalue weighted by Gasteiger charge is -2.44. The smallest absolute Gasteiger partial charge is 0.0991 e. The molecule has 1 aromatic rings. The molecule has 0 atom stereocenters. The molecule has 0 aromatic heterocycles. The van der Waals surface area contributed by atoms with Crippen molar-refractivity contribution in [3.63, 3.8) is 0 Å². The van der Waals surface area contributed by atoms with Crippen LogP contribution in [0.3, 0.4) is 0 Å². The predicted molar refractivity (Wildman–Crippen MR) is 93.5 cm³/mol. The van der Waals surface area contributed by atoms with Crippen molar-refractivity contribution in [3.8, 4) is 6.07 Å². The number of hydrogen-bond donors (Lipinski definition) is 0. The van der Waals surface area contributed by atoms with Gasteiger partial charge in [0.1, 0.15) is 0 Å². The molecule has 0 amide bonds. The summed E-state index contributed by atoms with van der Waals surface area (Å²) in [6, 6.07) is 10.1. The Kier molecular flexibility index (Phi) is 5.23. The second-order valence-corrected chi connectivity index (χ2v) is 7.24. The van der Waals surface area contributed by atoms with Crippen molar-refractivity contribution < 1.29 is 4.74 Å². The molecule has 124 valence electrons. The van der Waals surface area contributed by atoms with Gasteiger partial charge < -0.3 is 9.64 Å². The summed E-state index contributed by atoms with van der Waals surface area (Å²) in [6.45, 7) is 2.10. The summed E-state index contributed by atoms with van der Waals surface area (Å²) < 4.78 is 6.03. The Hall–Kier alpha value is -1.53. The highest BCUT2D eigenvalue weighted by molar-refractivity contribution is 5.50. The topological polar surface area (TPSA) is 36.3 Å². The Morgan fingerprint density at radius 1 is 1.13 bits per heavy atom. The van der Waals surface area contributed by atoms with Crippen molar-refractivity contribution in [2.75, 3.05) is 25.1 Å². The molecule has 3 nitrogen and oxygen atoms in total. The van der Waals surface area contributed by atoms with Crippen LogP contribution in [0, 0.1) is 17.2 Å². The van der Waals surface area contributed by atoms with Crippen LogP contribution >= 0.6 is 0 Å². The Bertz CT molecular complexity index is 532. The molecule has 0 spiro atoms. The van der Waals surface area contributed by atoms with Crippen molar-refractivity contribution in [1.82, 2.24) is 0 Å². The standard InChI is InChI=1S/C20H28N2O/c1-23-20(15-17-5-3-2-4-6-17)11-13-22(14-12-20)19-9-7-18(16-21)8-10-19/h7-10,17H,2-6,11-15H2,1H3. The van der Waals surface area contributed by atoms with Crippen molar-refractivity contribution in [2.45, 2.75) is 57.0 Å². The maximum atomic E-state index is 8.91. The first-order valence-electron chi connectivity index (χ1n) is 9.05. The highest BCUT2D eigenvalue weighted by atomic mass is 16.5. The molecular formula is C20H28N2O. The Balaban J connectivity index is 1.59. The zero-order valence-corrected chi connectivity index (χ0v) is 14.3. The Morgan fingerprint density at radius 2 is 1.78 bits per heavy atom. The third-order valence-corrected chi connectivity index (χ3v) is 5.85. The molecule has 0 bridgehead atoms. The molecule has 1 aliphatic carbocycles. The van der Waals surface area contributed by atoms with Gasteiger partial charge in [0, 0.05) is 25.9 Å². The number of nitriles is 1. The molecule has 1 aromatic carbocycles. The third kappa shape index (κ3) is 3.87. The second-order valence-electron chi connectivity index (χ2n) is 7.24. The number of piperidine rings is 1. The van der Waals surface area contributed by atoms with Gasteiger partial charge in [-0.3, -0.25) is 0 Å². The summed E-state index contributed by atoms with van der Waals surface area (Å²) in [5, 5.41) is 8.91. The van der Waals surface area contributed by atoms with Crippen LogP contribution in [-0.2, 0) is 4.74 Å². The van der Waals surface area contributed by atoms with Crippen molar-refractivity contribution in [2.24, 2.45) is 5.92 Å². The van der Waals surface area contributed by atoms with Gasteiger partial charge in [-0.1, -0.05) is 32.1 Å². The lowest BCUT2D eigenvalue weighted by atomic mass is 9.77. The molecular weight excluding hydrogens is 284 g/mol. The maximum absolute atomic E-state index is 8.91. The summed E-state index contributed by atoms with van der Waals surface area (Å²) in [6.07, 6.45) is 10.5. The molecule has 0 unspecified atom stereocenters. The van der Waals surface area contributed by atoms with Crippen LogP contribution in [0.1, 0.15) is 56.9 Å². The Morgan fingerprint density at radius 3 is 2.35 bits per heavy atom. The average Bonchev–Trinajstić information content (AvgIpc) is 2.63. The minimum absolute atomic E-state index is 0.0884. The Labute approximate surface area is 140 Å². The van der Waals surface area contributed by atoms with E-state index in [1.54, 1.807) is 0 Å². The molecule has 2 aliphatic rings. The lowest BCUT2D eigenvalue weighted by molar-refractivity contribution is -0.0506. The van der Waals surface area contributed by atoms with E-state index in [1.807, 2.05) is 19.2 Å². The first kappa shape index (κ1) is 16.3. The summed E-state index contributed by atoms with van der Waals surface area (Å²) in [4.78, 5) is 2.43. The van der Waals surface area contributed by atoms with Crippen LogP contribution < -0.4 is 4.90 Å². The molecule has 1 aliphatic heterocycles. The zero-order chi connectivity index (χ0) is 16.1. The normalized spacial score (nSPS) is 21.8. The summed E-state index contributed by atoms with van der Waals surface area (Å²) in [5.74, 6) is 0.866. The van der Waals surface area contributed by atoms with Gasteiger partial charge in [-0.2, -0.15) is 5.26 Å². The number of anilines is 1. The van der Waals surface area contributed by atoms with Gasteiger partial charge in [-0.05, 0) is 49.4 Å². The highest BCUT2D eigenvalue weighted by Gasteiger charge is 2.37. The van der Waals surface area contributed by atoms with Crippen molar-refractivity contribution >= 4 is 5.69 Å². The van der Waals surface area contributed by atoms with E-state index in [-0.39, 0.29) is 5.60 Å². The number of methoxy groups -OCH3 is 1. The van der Waals surface area contributed by atoms with Gasteiger partial charge in [0.15, 0.2) is 0 Å². The highest BCUT2D eigenvalue weighted by Crippen LogP contribution is 2.38. The monoisotopic (exact) mass is 312 g/mol. The molecule has 1 heterocycles. The summed E-state index contributed by atoms with van der Waals surface area (Å²) in [7, 11) is 1.90. The molecule has 0 radical (unpaired) electrons. The molecule has 1 saturated carbocycles. The fourth-order valence-electron chi connectivity index (χ4n) is 4.33. The van der Waals surface area contributed by atoms with Gasteiger partial charge >= 0.3 is 0 Å². The molecule has 23 heavy (non-hydrogen) atoms. The predicted octanol–water partition coefficient (Wildman–Crippen LogP) is 4.51. The molecule has 2 fully saturated rings. The number of benzene rings is 1. The number of hydrogen-bond acceptors (Lipinski definition) is 3. The zero-order valence-electron chi connectivity index (χ0n) is 14.3. The first-order valence-corrected chi connectivity index (χ1v) is 9.05. The molecule has 3 rings (SSSR count). The fourth-order valence-corrected chi connectivity index (χ4v) is 4.33. The number of nitrogens with zero attached hydrogens (tertiary/aromatic N) is 2. The van der Waals surface area contributed by atoms with E-state index in [1.165, 1.54) is 44.2 Å². The van der Waals surface area contributed by atoms with E-state index in [0.29, 0.717) is 0 Å². The summed E-state index contributed by atoms with van der Waals surface area (Å²) in [5.41, 5.74) is 2.05. The minimum Gasteiger partial charge on any atom is -0.378 e. The largest absolute Gasteiger partial charge is 0.378 e. The minimum atomic E-state index is 0.0884. The van der Waals surface area contributed by atoms with Gasteiger partial charge in [-0.25, -0.2) is 0 Å². The molecule has 0 N–H and O–H groups in total. The van der Waals surface area contributed by atoms with Crippen LogP contribution in [0.15, 0.2) is 24.3 Å². The fraction of sp³-hybridized carbons (Fsp3) is 0.650. The van der Waals surface area contributed by atoms with Gasteiger partial charge in [-0.15, -0.1) is 0 Å². The van der Waals surface area contributed by atoms with Gasteiger partial charge in [0.25, 0.3) is 0 Å². The SMILES string of the molecule is COC1(CC2CCCCC2)CCN(c2ccc(C#N)cc2)CC1. The van der Waals surface area contributed by atoms with Crippen LogP contribution in [0.4, 0.5) is 5.69 Å². The first-order chi connectivity index (χ1) is 11.2. The van der Waals surface area contributed by atoms with Crippen LogP contribution in [0.5, 0.6) is 0 Å². The van der Waals surface area contributed by atoms with Crippen LogP contribution in [-0.4, -0.2) is 25.8 Å². The third-order valence-electron chi connectivity index (χ3n) is 5.85. The van der Waals surface area contributed by atoms with E-state index in [9.17, 15) is 0 Å². The van der Waals surface area contributed by atoms with E-state index < -0.39 is 0 Å². The van der Waals surface area contributed by atoms with E-state index in [0.717, 1.165) is 37.4 Å².